The predicted octanol–water partition coefficient (Wildman–Crippen LogP) is 4.56. The number of nitrogens with one attached hydrogen (secondary N) is 2. The molecule has 3 rings (SSSR count). The van der Waals surface area contributed by atoms with Crippen LogP contribution in [0.1, 0.15) is 112 Å². The highest BCUT2D eigenvalue weighted by Crippen LogP contribution is 2.32. The fourth-order valence-corrected chi connectivity index (χ4v) is 7.92. The number of amides is 4. The third kappa shape index (κ3) is 15.1. The average Bonchev–Trinajstić information content (AvgIpc) is 3.80. The molecule has 0 spiro atoms. The number of nitrogens with zero attached hydrogens (tertiary/aromatic N) is 2. The molecule has 1 fully saturated rings. The lowest BCUT2D eigenvalue weighted by Gasteiger charge is -2.34. The van der Waals surface area contributed by atoms with Gasteiger partial charge < -0.3 is 35.8 Å². The number of hydrogen-bond donors (Lipinski definition) is 4. The number of benzene rings is 1. The lowest BCUT2D eigenvalue weighted by Crippen LogP contribution is -2.52. The van der Waals surface area contributed by atoms with E-state index in [1.165, 1.54) is 6.92 Å². The molecule has 13 nitrogen and oxygen atoms in total. The van der Waals surface area contributed by atoms with Crippen LogP contribution in [0.15, 0.2) is 29.3 Å². The van der Waals surface area contributed by atoms with Crippen molar-refractivity contribution in [3.05, 3.63) is 29.8 Å². The summed E-state index contributed by atoms with van der Waals surface area (Å²) in [5.74, 6) is -0.141. The Hall–Kier alpha value is -3.65. The van der Waals surface area contributed by atoms with E-state index in [-0.39, 0.29) is 60.0 Å². The van der Waals surface area contributed by atoms with Crippen LogP contribution in [-0.4, -0.2) is 100 Å². The van der Waals surface area contributed by atoms with Crippen molar-refractivity contribution in [2.45, 2.75) is 149 Å². The molecule has 5 N–H and O–H groups in total. The first-order chi connectivity index (χ1) is 25.9. The Morgan fingerprint density at radius 1 is 1.04 bits per heavy atom. The molecule has 0 aliphatic carbocycles. The van der Waals surface area contributed by atoms with Crippen molar-refractivity contribution in [1.29, 1.82) is 0 Å². The molecule has 0 radical (unpaired) electrons. The lowest BCUT2D eigenvalue weighted by molar-refractivity contribution is -0.164. The van der Waals surface area contributed by atoms with E-state index in [0.29, 0.717) is 56.6 Å². The monoisotopic (exact) mass is 787 g/mol. The molecule has 1 aromatic carbocycles. The maximum atomic E-state index is 13.4. The van der Waals surface area contributed by atoms with Crippen molar-refractivity contribution in [1.82, 2.24) is 15.5 Å². The molecule has 8 atom stereocenters. The van der Waals surface area contributed by atoms with Crippen LogP contribution in [0.2, 0.25) is 0 Å². The Kier molecular flexibility index (Phi) is 18.0. The maximum Gasteiger partial charge on any atom is 0.329 e. The number of primary amides is 1. The van der Waals surface area contributed by atoms with Crippen LogP contribution in [0.25, 0.3) is 0 Å². The van der Waals surface area contributed by atoms with Crippen molar-refractivity contribution in [3.8, 4) is 5.75 Å². The predicted molar refractivity (Wildman–Crippen MR) is 216 cm³/mol. The topological polar surface area (TPSA) is 190 Å². The number of aliphatic hydroxyl groups is 1. The second kappa shape index (κ2) is 21.6. The molecule has 0 aromatic heterocycles. The molecule has 1 aromatic rings. The average molecular weight is 788 g/mol. The number of ether oxygens (including phenoxy) is 2. The third-order valence-corrected chi connectivity index (χ3v) is 11.7. The number of carbonyl (C=O) groups excluding carboxylic acids is 5. The first-order valence-corrected chi connectivity index (χ1v) is 20.8. The zero-order chi connectivity index (χ0) is 40.9. The molecule has 14 heteroatoms. The summed E-state index contributed by atoms with van der Waals surface area (Å²) in [7, 11) is 1.56. The summed E-state index contributed by atoms with van der Waals surface area (Å²) in [5, 5.41) is 17.3. The van der Waals surface area contributed by atoms with Crippen molar-refractivity contribution in [3.63, 3.8) is 0 Å². The Morgan fingerprint density at radius 2 is 1.73 bits per heavy atom. The SMILES string of the molecule is CCC(C)CC(=O)N1CCC[C@H]1C(=O)OC(C[C@@H](C)CC(O)CC1=N[C@H](CCC(=O)N[C@@H](Cc2ccc(OC)cc2)C(=O)N[C@@H](C)C(N)=O)CS1)C(C)(C)C. The highest BCUT2D eigenvalue weighted by molar-refractivity contribution is 8.14. The number of aliphatic hydroxyl groups excluding tert-OH is 1. The standard InChI is InChI=1S/C41H65N5O8S/c1-9-25(2)21-37(49)46-18-10-11-33(46)40(52)54-34(41(5,6)7)20-26(3)19-30(47)23-36-44-29(24-55-36)14-17-35(48)45-32(39(51)43-27(4)38(42)50)22-28-12-15-31(53-8)16-13-28/h12-13,15-16,25-27,29-30,32-34,47H,9-11,14,17-24H2,1-8H3,(H2,42,50)(H,43,51)(H,45,48)/t25?,26-,27-,29+,30?,32-,33-,34?/m0/s1. The minimum atomic E-state index is -0.917. The largest absolute Gasteiger partial charge is 0.497 e. The highest BCUT2D eigenvalue weighted by atomic mass is 32.2. The van der Waals surface area contributed by atoms with Gasteiger partial charge in [-0.3, -0.25) is 24.2 Å². The van der Waals surface area contributed by atoms with Gasteiger partial charge in [-0.25, -0.2) is 4.79 Å². The number of aliphatic imine (C=N–C) groups is 1. The molecular formula is C41H65N5O8S. The molecular weight excluding hydrogens is 723 g/mol. The van der Waals surface area contributed by atoms with Crippen LogP contribution in [0.4, 0.5) is 0 Å². The van der Waals surface area contributed by atoms with E-state index in [1.54, 1.807) is 35.9 Å². The molecule has 1 saturated heterocycles. The Bertz CT molecular complexity index is 1480. The number of hydrogen-bond acceptors (Lipinski definition) is 10. The summed E-state index contributed by atoms with van der Waals surface area (Å²) in [6, 6.07) is 4.71. The van der Waals surface area contributed by atoms with Gasteiger partial charge in [-0.2, -0.15) is 0 Å². The van der Waals surface area contributed by atoms with E-state index in [1.807, 2.05) is 32.9 Å². The molecule has 3 unspecified atom stereocenters. The summed E-state index contributed by atoms with van der Waals surface area (Å²) in [6.45, 7) is 14.4. The smallest absolute Gasteiger partial charge is 0.329 e. The normalized spacial score (nSPS) is 20.4. The minimum Gasteiger partial charge on any atom is -0.497 e. The van der Waals surface area contributed by atoms with Gasteiger partial charge in [-0.05, 0) is 74.0 Å². The minimum absolute atomic E-state index is 0.0163. The van der Waals surface area contributed by atoms with Crippen LogP contribution in [0.3, 0.4) is 0 Å². The van der Waals surface area contributed by atoms with Crippen LogP contribution in [-0.2, 0) is 35.1 Å². The second-order valence-corrected chi connectivity index (χ2v) is 17.6. The number of thioether (sulfide) groups is 1. The zero-order valence-electron chi connectivity index (χ0n) is 34.1. The maximum absolute atomic E-state index is 13.4. The summed E-state index contributed by atoms with van der Waals surface area (Å²) in [4.78, 5) is 70.5. The molecule has 308 valence electrons. The van der Waals surface area contributed by atoms with Gasteiger partial charge >= 0.3 is 5.97 Å². The summed E-state index contributed by atoms with van der Waals surface area (Å²) in [6.07, 6.45) is 4.05. The first-order valence-electron chi connectivity index (χ1n) is 19.8. The number of esters is 1. The van der Waals surface area contributed by atoms with Crippen LogP contribution >= 0.6 is 11.8 Å². The van der Waals surface area contributed by atoms with Gasteiger partial charge in [0.05, 0.1) is 24.3 Å². The summed E-state index contributed by atoms with van der Waals surface area (Å²) in [5.41, 5.74) is 5.81. The lowest BCUT2D eigenvalue weighted by atomic mass is 9.82. The highest BCUT2D eigenvalue weighted by Gasteiger charge is 2.39. The molecule has 2 aliphatic heterocycles. The van der Waals surface area contributed by atoms with Gasteiger partial charge in [-0.15, -0.1) is 11.8 Å². The van der Waals surface area contributed by atoms with Crippen molar-refractivity contribution < 1.29 is 38.6 Å². The first kappa shape index (κ1) is 45.7. The van der Waals surface area contributed by atoms with Gasteiger partial charge in [-0.1, -0.05) is 60.1 Å². The Morgan fingerprint density at radius 3 is 2.35 bits per heavy atom. The summed E-state index contributed by atoms with van der Waals surface area (Å²) >= 11 is 1.58. The van der Waals surface area contributed by atoms with E-state index < -0.39 is 36.0 Å². The molecule has 55 heavy (non-hydrogen) atoms. The van der Waals surface area contributed by atoms with Crippen molar-refractivity contribution >= 4 is 46.4 Å². The number of likely N-dealkylation sites (tertiary alicyclic amines) is 1. The third-order valence-electron chi connectivity index (χ3n) is 10.5. The number of rotatable bonds is 21. The van der Waals surface area contributed by atoms with Crippen LogP contribution in [0, 0.1) is 17.3 Å². The quantitative estimate of drug-likeness (QED) is 0.130. The van der Waals surface area contributed by atoms with Crippen LogP contribution < -0.4 is 21.1 Å². The fourth-order valence-electron chi connectivity index (χ4n) is 6.76. The van der Waals surface area contributed by atoms with Crippen molar-refractivity contribution in [2.24, 2.45) is 28.0 Å². The van der Waals surface area contributed by atoms with Crippen molar-refractivity contribution in [2.75, 3.05) is 19.4 Å². The molecule has 0 saturated carbocycles. The Balaban J connectivity index is 1.50. The fraction of sp³-hybridized carbons (Fsp3) is 0.707. The van der Waals surface area contributed by atoms with E-state index in [2.05, 4.69) is 31.4 Å². The summed E-state index contributed by atoms with van der Waals surface area (Å²) < 4.78 is 11.3. The zero-order valence-corrected chi connectivity index (χ0v) is 34.9. The number of methoxy groups -OCH3 is 1. The number of carbonyl (C=O) groups is 5. The molecule has 0 bridgehead atoms. The van der Waals surface area contributed by atoms with E-state index in [9.17, 15) is 29.1 Å². The van der Waals surface area contributed by atoms with Gasteiger partial charge in [0, 0.05) is 38.0 Å². The molecule has 4 amide bonds. The van der Waals surface area contributed by atoms with Gasteiger partial charge in [0.15, 0.2) is 0 Å². The van der Waals surface area contributed by atoms with Crippen LogP contribution in [0.5, 0.6) is 5.75 Å². The number of nitrogens with two attached hydrogens (primary N) is 1. The van der Waals surface area contributed by atoms with E-state index >= 15 is 0 Å². The molecule has 2 heterocycles. The second-order valence-electron chi connectivity index (χ2n) is 16.5. The Labute approximate surface area is 331 Å². The van der Waals surface area contributed by atoms with Gasteiger partial charge in [0.1, 0.15) is 30.0 Å². The van der Waals surface area contributed by atoms with E-state index in [0.717, 1.165) is 23.4 Å². The van der Waals surface area contributed by atoms with Gasteiger partial charge in [0.25, 0.3) is 0 Å². The van der Waals surface area contributed by atoms with E-state index in [4.69, 9.17) is 20.2 Å². The van der Waals surface area contributed by atoms with Gasteiger partial charge in [0.2, 0.25) is 23.6 Å². The molecule has 2 aliphatic rings.